The highest BCUT2D eigenvalue weighted by molar-refractivity contribution is 5.88. The van der Waals surface area contributed by atoms with Crippen molar-refractivity contribution < 1.29 is 19.8 Å². The molecule has 6 heteroatoms. The average Bonchev–Trinajstić information content (AvgIpc) is 2.16. The Morgan fingerprint density at radius 3 is 2.33 bits per heavy atom. The van der Waals surface area contributed by atoms with Gasteiger partial charge in [0.2, 0.25) is 0 Å². The van der Waals surface area contributed by atoms with E-state index in [1.807, 2.05) is 0 Å². The molecule has 1 aromatic rings. The Bertz CT molecular complexity index is 380. The molecule has 0 spiro atoms. The molecule has 4 N–H and O–H groups in total. The van der Waals surface area contributed by atoms with Crippen molar-refractivity contribution in [3.8, 4) is 0 Å². The molecule has 0 aliphatic carbocycles. The van der Waals surface area contributed by atoms with Crippen molar-refractivity contribution in [3.05, 3.63) is 35.4 Å². The largest absolute Gasteiger partial charge is 0.480 e. The number of rotatable bonds is 3. The number of benzene rings is 1. The summed E-state index contributed by atoms with van der Waals surface area (Å²) >= 11 is 0. The predicted molar refractivity (Wildman–Crippen MR) is 55.2 cm³/mol. The first-order valence-electron chi connectivity index (χ1n) is 3.84. The Labute approximate surface area is 91.9 Å². The molecule has 1 rings (SSSR count). The van der Waals surface area contributed by atoms with Crippen LogP contribution in [-0.4, -0.2) is 22.2 Å². The van der Waals surface area contributed by atoms with Crippen molar-refractivity contribution in [2.45, 2.75) is 6.04 Å². The lowest BCUT2D eigenvalue weighted by molar-refractivity contribution is -0.138. The zero-order chi connectivity index (χ0) is 10.7. The van der Waals surface area contributed by atoms with Gasteiger partial charge in [-0.2, -0.15) is 0 Å². The molecular formula is C9H10ClNO4. The van der Waals surface area contributed by atoms with E-state index in [0.29, 0.717) is 0 Å². The second-order valence-electron chi connectivity index (χ2n) is 2.75. The van der Waals surface area contributed by atoms with Crippen molar-refractivity contribution in [3.63, 3.8) is 0 Å². The van der Waals surface area contributed by atoms with E-state index in [-0.39, 0.29) is 23.5 Å². The lowest BCUT2D eigenvalue weighted by Crippen LogP contribution is -2.20. The first-order valence-corrected chi connectivity index (χ1v) is 3.84. The third-order valence-corrected chi connectivity index (χ3v) is 1.76. The summed E-state index contributed by atoms with van der Waals surface area (Å²) in [6.07, 6.45) is 0. The lowest BCUT2D eigenvalue weighted by Gasteiger charge is -2.06. The third kappa shape index (κ3) is 3.23. The predicted octanol–water partition coefficient (Wildman–Crippen LogP) is 0.891. The highest BCUT2D eigenvalue weighted by atomic mass is 35.5. The molecule has 1 atom stereocenters. The maximum atomic E-state index is 10.6. The molecule has 0 aromatic heterocycles. The van der Waals surface area contributed by atoms with E-state index in [0.717, 1.165) is 0 Å². The fourth-order valence-corrected chi connectivity index (χ4v) is 1.01. The standard InChI is InChI=1S/C9H9NO4.ClH/c10-7(9(13)14)5-2-1-3-6(4-5)8(11)12;/h1-4,7H,10H2,(H,11,12)(H,13,14);1H. The minimum absolute atomic E-state index is 0. The number of carboxylic acids is 2. The number of hydrogen-bond acceptors (Lipinski definition) is 3. The minimum atomic E-state index is -1.19. The van der Waals surface area contributed by atoms with E-state index in [1.165, 1.54) is 24.3 Å². The molecule has 0 aliphatic heterocycles. The molecule has 0 heterocycles. The summed E-state index contributed by atoms with van der Waals surface area (Å²) in [5.41, 5.74) is 5.62. The molecule has 0 saturated heterocycles. The van der Waals surface area contributed by atoms with Gasteiger partial charge in [-0.25, -0.2) is 4.79 Å². The Morgan fingerprint density at radius 1 is 1.27 bits per heavy atom. The molecule has 0 radical (unpaired) electrons. The van der Waals surface area contributed by atoms with Crippen LogP contribution in [0.5, 0.6) is 0 Å². The lowest BCUT2D eigenvalue weighted by atomic mass is 10.1. The Balaban J connectivity index is 0.00000196. The second-order valence-corrected chi connectivity index (χ2v) is 2.75. The number of halogens is 1. The summed E-state index contributed by atoms with van der Waals surface area (Å²) in [6.45, 7) is 0. The number of aliphatic carboxylic acids is 1. The van der Waals surface area contributed by atoms with E-state index in [1.54, 1.807) is 0 Å². The van der Waals surface area contributed by atoms with Crippen molar-refractivity contribution in [1.29, 1.82) is 0 Å². The van der Waals surface area contributed by atoms with Gasteiger partial charge in [-0.3, -0.25) is 4.79 Å². The zero-order valence-corrected chi connectivity index (χ0v) is 8.40. The number of carbonyl (C=O) groups is 2. The Morgan fingerprint density at radius 2 is 1.87 bits per heavy atom. The monoisotopic (exact) mass is 231 g/mol. The van der Waals surface area contributed by atoms with Gasteiger partial charge in [0, 0.05) is 0 Å². The van der Waals surface area contributed by atoms with Gasteiger partial charge in [-0.1, -0.05) is 12.1 Å². The van der Waals surface area contributed by atoms with Gasteiger partial charge < -0.3 is 15.9 Å². The molecule has 0 fully saturated rings. The van der Waals surface area contributed by atoms with E-state index >= 15 is 0 Å². The number of carboxylic acid groups (broad SMARTS) is 2. The average molecular weight is 232 g/mol. The SMILES string of the molecule is Cl.NC(C(=O)O)c1cccc(C(=O)O)c1. The number of hydrogen-bond donors (Lipinski definition) is 3. The molecule has 0 saturated carbocycles. The van der Waals surface area contributed by atoms with Crippen molar-refractivity contribution in [2.75, 3.05) is 0 Å². The first-order chi connectivity index (χ1) is 6.52. The van der Waals surface area contributed by atoms with E-state index in [4.69, 9.17) is 15.9 Å². The molecule has 1 unspecified atom stereocenters. The number of nitrogens with two attached hydrogens (primary N) is 1. The fourth-order valence-electron chi connectivity index (χ4n) is 1.01. The Kier molecular flexibility index (Phi) is 4.77. The molecule has 15 heavy (non-hydrogen) atoms. The summed E-state index contributed by atoms with van der Waals surface area (Å²) in [7, 11) is 0. The van der Waals surface area contributed by atoms with Gasteiger partial charge in [0.1, 0.15) is 6.04 Å². The van der Waals surface area contributed by atoms with Crippen molar-refractivity contribution in [1.82, 2.24) is 0 Å². The molecular weight excluding hydrogens is 222 g/mol. The maximum Gasteiger partial charge on any atom is 0.335 e. The quantitative estimate of drug-likeness (QED) is 0.717. The van der Waals surface area contributed by atoms with Crippen LogP contribution in [0, 0.1) is 0 Å². The third-order valence-electron chi connectivity index (χ3n) is 1.76. The highest BCUT2D eigenvalue weighted by Crippen LogP contribution is 2.12. The van der Waals surface area contributed by atoms with Gasteiger partial charge in [0.05, 0.1) is 5.56 Å². The van der Waals surface area contributed by atoms with Crippen LogP contribution < -0.4 is 5.73 Å². The van der Waals surface area contributed by atoms with Gasteiger partial charge >= 0.3 is 11.9 Å². The van der Waals surface area contributed by atoms with Crippen molar-refractivity contribution >= 4 is 24.3 Å². The molecule has 0 aliphatic rings. The highest BCUT2D eigenvalue weighted by Gasteiger charge is 2.15. The smallest absolute Gasteiger partial charge is 0.335 e. The van der Waals surface area contributed by atoms with E-state index in [9.17, 15) is 9.59 Å². The van der Waals surface area contributed by atoms with Gasteiger partial charge in [0.15, 0.2) is 0 Å². The molecule has 82 valence electrons. The maximum absolute atomic E-state index is 10.6. The molecule has 0 bridgehead atoms. The zero-order valence-electron chi connectivity index (χ0n) is 7.58. The van der Waals surface area contributed by atoms with Gasteiger partial charge in [-0.05, 0) is 17.7 Å². The van der Waals surface area contributed by atoms with Crippen LogP contribution in [0.15, 0.2) is 24.3 Å². The van der Waals surface area contributed by atoms with Crippen LogP contribution in [-0.2, 0) is 4.79 Å². The summed E-state index contributed by atoms with van der Waals surface area (Å²) in [5, 5.41) is 17.2. The summed E-state index contributed by atoms with van der Waals surface area (Å²) in [5.74, 6) is -2.29. The Hall–Kier alpha value is -1.59. The fraction of sp³-hybridized carbons (Fsp3) is 0.111. The van der Waals surface area contributed by atoms with Crippen molar-refractivity contribution in [2.24, 2.45) is 5.73 Å². The van der Waals surface area contributed by atoms with E-state index < -0.39 is 18.0 Å². The van der Waals surface area contributed by atoms with Crippen LogP contribution in [0.3, 0.4) is 0 Å². The van der Waals surface area contributed by atoms with Crippen LogP contribution in [0.25, 0.3) is 0 Å². The van der Waals surface area contributed by atoms with Crippen LogP contribution in [0.1, 0.15) is 22.0 Å². The van der Waals surface area contributed by atoms with Crippen LogP contribution in [0.2, 0.25) is 0 Å². The van der Waals surface area contributed by atoms with Crippen LogP contribution >= 0.6 is 12.4 Å². The summed E-state index contributed by atoms with van der Waals surface area (Å²) in [6, 6.07) is 4.38. The van der Waals surface area contributed by atoms with Crippen LogP contribution in [0.4, 0.5) is 0 Å². The topological polar surface area (TPSA) is 101 Å². The molecule has 1 aromatic carbocycles. The minimum Gasteiger partial charge on any atom is -0.480 e. The first kappa shape index (κ1) is 13.4. The number of aromatic carboxylic acids is 1. The normalized spacial score (nSPS) is 11.3. The second kappa shape index (κ2) is 5.33. The summed E-state index contributed by atoms with van der Waals surface area (Å²) in [4.78, 5) is 21.1. The molecule has 0 amide bonds. The molecule has 5 nitrogen and oxygen atoms in total. The van der Waals surface area contributed by atoms with Gasteiger partial charge in [0.25, 0.3) is 0 Å². The van der Waals surface area contributed by atoms with E-state index in [2.05, 4.69) is 0 Å². The summed E-state index contributed by atoms with van der Waals surface area (Å²) < 4.78 is 0. The van der Waals surface area contributed by atoms with Gasteiger partial charge in [-0.15, -0.1) is 12.4 Å².